The van der Waals surface area contributed by atoms with Crippen molar-refractivity contribution < 1.29 is 14.3 Å². The number of nitrogens with zero attached hydrogens (tertiary/aromatic N) is 1. The number of ether oxygens (including phenoxy) is 2. The highest BCUT2D eigenvalue weighted by Gasteiger charge is 2.15. The molecule has 0 unspecified atom stereocenters. The van der Waals surface area contributed by atoms with Crippen LogP contribution in [0.4, 0.5) is 0 Å². The number of methoxy groups -OCH3 is 2. The van der Waals surface area contributed by atoms with Crippen molar-refractivity contribution >= 4 is 16.8 Å². The molecular formula is C15H21N3O3. The summed E-state index contributed by atoms with van der Waals surface area (Å²) in [5, 5.41) is 3.70. The van der Waals surface area contributed by atoms with Crippen LogP contribution in [0, 0.1) is 0 Å². The number of nitrogens with one attached hydrogen (secondary N) is 2. The van der Waals surface area contributed by atoms with Gasteiger partial charge in [0.15, 0.2) is 0 Å². The summed E-state index contributed by atoms with van der Waals surface area (Å²) in [5.41, 5.74) is 1.25. The minimum atomic E-state index is -0.142. The first-order chi connectivity index (χ1) is 10.1. The van der Waals surface area contributed by atoms with E-state index < -0.39 is 0 Å². The molecule has 114 valence electrons. The molecule has 2 rings (SSSR count). The SMILES string of the molecule is COc1ccc(OC)c2[nH]c(C(=O)NCCN(C)C)cc12. The molecule has 21 heavy (non-hydrogen) atoms. The second kappa shape index (κ2) is 6.49. The number of hydrogen-bond donors (Lipinski definition) is 2. The third-order valence-electron chi connectivity index (χ3n) is 3.24. The summed E-state index contributed by atoms with van der Waals surface area (Å²) in [6.45, 7) is 1.38. The number of hydrogen-bond acceptors (Lipinski definition) is 4. The van der Waals surface area contributed by atoms with E-state index in [1.807, 2.05) is 31.1 Å². The Kier molecular flexibility index (Phi) is 4.70. The van der Waals surface area contributed by atoms with Crippen molar-refractivity contribution in [2.24, 2.45) is 0 Å². The standard InChI is InChI=1S/C15H21N3O3/c1-18(2)8-7-16-15(19)11-9-10-12(20-3)5-6-13(21-4)14(10)17-11/h5-6,9,17H,7-8H2,1-4H3,(H,16,19). The van der Waals surface area contributed by atoms with E-state index in [0.29, 0.717) is 23.7 Å². The minimum Gasteiger partial charge on any atom is -0.496 e. The number of H-pyrrole nitrogens is 1. The van der Waals surface area contributed by atoms with Crippen LogP contribution in [0.15, 0.2) is 18.2 Å². The molecule has 2 N–H and O–H groups in total. The van der Waals surface area contributed by atoms with Crippen molar-refractivity contribution in [1.82, 2.24) is 15.2 Å². The molecule has 0 saturated carbocycles. The maximum Gasteiger partial charge on any atom is 0.267 e. The third kappa shape index (κ3) is 3.28. The largest absolute Gasteiger partial charge is 0.496 e. The van der Waals surface area contributed by atoms with E-state index in [2.05, 4.69) is 10.3 Å². The summed E-state index contributed by atoms with van der Waals surface area (Å²) in [7, 11) is 7.12. The van der Waals surface area contributed by atoms with Crippen LogP contribution >= 0.6 is 0 Å². The zero-order chi connectivity index (χ0) is 15.4. The van der Waals surface area contributed by atoms with E-state index in [9.17, 15) is 4.79 Å². The van der Waals surface area contributed by atoms with Gasteiger partial charge in [0, 0.05) is 18.5 Å². The van der Waals surface area contributed by atoms with E-state index in [1.165, 1.54) is 0 Å². The molecule has 0 atom stereocenters. The molecule has 0 spiro atoms. The number of aromatic nitrogens is 1. The summed E-state index contributed by atoms with van der Waals surface area (Å²) in [6, 6.07) is 5.41. The molecule has 6 nitrogen and oxygen atoms in total. The van der Waals surface area contributed by atoms with Gasteiger partial charge in [0.25, 0.3) is 5.91 Å². The van der Waals surface area contributed by atoms with Gasteiger partial charge in [-0.15, -0.1) is 0 Å². The average molecular weight is 291 g/mol. The Hall–Kier alpha value is -2.21. The van der Waals surface area contributed by atoms with E-state index in [1.54, 1.807) is 20.3 Å². The van der Waals surface area contributed by atoms with Gasteiger partial charge in [-0.1, -0.05) is 0 Å². The zero-order valence-electron chi connectivity index (χ0n) is 12.8. The van der Waals surface area contributed by atoms with Gasteiger partial charge >= 0.3 is 0 Å². The molecule has 1 amide bonds. The number of aromatic amines is 1. The predicted octanol–water partition coefficient (Wildman–Crippen LogP) is 1.48. The Morgan fingerprint density at radius 1 is 1.24 bits per heavy atom. The van der Waals surface area contributed by atoms with Crippen LogP contribution in [-0.4, -0.2) is 57.2 Å². The van der Waals surface area contributed by atoms with Gasteiger partial charge in [-0.2, -0.15) is 0 Å². The first-order valence-corrected chi connectivity index (χ1v) is 6.73. The molecule has 6 heteroatoms. The molecule has 0 bridgehead atoms. The normalized spacial score (nSPS) is 10.9. The van der Waals surface area contributed by atoms with E-state index in [0.717, 1.165) is 17.4 Å². The summed E-state index contributed by atoms with van der Waals surface area (Å²) >= 11 is 0. The Labute approximate surface area is 124 Å². The van der Waals surface area contributed by atoms with Crippen molar-refractivity contribution in [2.75, 3.05) is 41.4 Å². The lowest BCUT2D eigenvalue weighted by atomic mass is 10.2. The predicted molar refractivity (Wildman–Crippen MR) is 82.3 cm³/mol. The summed E-state index contributed by atoms with van der Waals surface area (Å²) in [6.07, 6.45) is 0. The van der Waals surface area contributed by atoms with Crippen LogP contribution in [0.5, 0.6) is 11.5 Å². The van der Waals surface area contributed by atoms with E-state index in [4.69, 9.17) is 9.47 Å². The van der Waals surface area contributed by atoms with Gasteiger partial charge in [-0.3, -0.25) is 4.79 Å². The molecule has 0 saturated heterocycles. The number of rotatable bonds is 6. The molecule has 0 radical (unpaired) electrons. The van der Waals surface area contributed by atoms with Crippen LogP contribution in [0.25, 0.3) is 10.9 Å². The number of carbonyl (C=O) groups is 1. The Balaban J connectivity index is 2.27. The van der Waals surface area contributed by atoms with Crippen molar-refractivity contribution in [3.8, 4) is 11.5 Å². The van der Waals surface area contributed by atoms with Crippen LogP contribution in [-0.2, 0) is 0 Å². The Morgan fingerprint density at radius 2 is 1.90 bits per heavy atom. The van der Waals surface area contributed by atoms with Crippen LogP contribution in [0.2, 0.25) is 0 Å². The number of carbonyl (C=O) groups excluding carboxylic acids is 1. The van der Waals surface area contributed by atoms with Crippen LogP contribution in [0.1, 0.15) is 10.5 Å². The highest BCUT2D eigenvalue weighted by atomic mass is 16.5. The molecule has 0 fully saturated rings. The van der Waals surface area contributed by atoms with Crippen molar-refractivity contribution in [1.29, 1.82) is 0 Å². The minimum absolute atomic E-state index is 0.142. The van der Waals surface area contributed by atoms with Gasteiger partial charge < -0.3 is 24.7 Å². The van der Waals surface area contributed by atoms with Crippen molar-refractivity contribution in [3.63, 3.8) is 0 Å². The number of fused-ring (bicyclic) bond motifs is 1. The quantitative estimate of drug-likeness (QED) is 0.846. The zero-order valence-corrected chi connectivity index (χ0v) is 12.8. The third-order valence-corrected chi connectivity index (χ3v) is 3.24. The van der Waals surface area contributed by atoms with Crippen molar-refractivity contribution in [3.05, 3.63) is 23.9 Å². The molecule has 0 aliphatic heterocycles. The van der Waals surface area contributed by atoms with Crippen LogP contribution in [0.3, 0.4) is 0 Å². The van der Waals surface area contributed by atoms with Crippen molar-refractivity contribution in [2.45, 2.75) is 0 Å². The number of likely N-dealkylation sites (N-methyl/N-ethyl adjacent to an activating group) is 1. The topological polar surface area (TPSA) is 66.6 Å². The fraction of sp³-hybridized carbons (Fsp3) is 0.400. The maximum absolute atomic E-state index is 12.2. The molecular weight excluding hydrogens is 270 g/mol. The monoisotopic (exact) mass is 291 g/mol. The molecule has 0 aliphatic rings. The molecule has 1 aromatic heterocycles. The number of amides is 1. The first-order valence-electron chi connectivity index (χ1n) is 6.73. The number of benzene rings is 1. The molecule has 1 heterocycles. The maximum atomic E-state index is 12.2. The summed E-state index contributed by atoms with van der Waals surface area (Å²) in [5.74, 6) is 1.24. The summed E-state index contributed by atoms with van der Waals surface area (Å²) < 4.78 is 10.6. The van der Waals surface area contributed by atoms with Gasteiger partial charge in [0.2, 0.25) is 0 Å². The average Bonchev–Trinajstić information content (AvgIpc) is 2.90. The lowest BCUT2D eigenvalue weighted by Gasteiger charge is -2.09. The Bertz CT molecular complexity index is 593. The highest BCUT2D eigenvalue weighted by Crippen LogP contribution is 2.33. The fourth-order valence-corrected chi connectivity index (χ4v) is 2.13. The van der Waals surface area contributed by atoms with E-state index in [-0.39, 0.29) is 5.91 Å². The van der Waals surface area contributed by atoms with Gasteiger partial charge in [0.1, 0.15) is 17.2 Å². The van der Waals surface area contributed by atoms with Gasteiger partial charge in [-0.05, 0) is 32.3 Å². The molecule has 1 aromatic carbocycles. The molecule has 2 aromatic rings. The molecule has 0 aliphatic carbocycles. The van der Waals surface area contributed by atoms with Gasteiger partial charge in [0.05, 0.1) is 19.7 Å². The van der Waals surface area contributed by atoms with Gasteiger partial charge in [-0.25, -0.2) is 0 Å². The smallest absolute Gasteiger partial charge is 0.267 e. The lowest BCUT2D eigenvalue weighted by molar-refractivity contribution is 0.0947. The Morgan fingerprint density at radius 3 is 2.52 bits per heavy atom. The second-order valence-corrected chi connectivity index (χ2v) is 5.00. The highest BCUT2D eigenvalue weighted by molar-refractivity contribution is 6.01. The van der Waals surface area contributed by atoms with Crippen LogP contribution < -0.4 is 14.8 Å². The first kappa shape index (κ1) is 15.2. The lowest BCUT2D eigenvalue weighted by Crippen LogP contribution is -2.31. The van der Waals surface area contributed by atoms with E-state index >= 15 is 0 Å². The summed E-state index contributed by atoms with van der Waals surface area (Å²) in [4.78, 5) is 17.3. The fourth-order valence-electron chi connectivity index (χ4n) is 2.13. The second-order valence-electron chi connectivity index (χ2n) is 5.00.